The standard InChI is InChI=1S/C23H28N3O/c1-2-3-4-5-7-13-20(19-11-8-6-9-12-19)18-25-23(27)21-14-10-15-22-24-16-17-26(21)22/h6,8-12,14-15,17,20H,2-5,7,13,18H2,1H3,(H,25,27). The molecule has 3 rings (SSSR count). The molecular weight excluding hydrogens is 334 g/mol. The number of carbonyl (C=O) groups is 1. The average Bonchev–Trinajstić information content (AvgIpc) is 3.19. The summed E-state index contributed by atoms with van der Waals surface area (Å²) in [6, 6.07) is 16.1. The van der Waals surface area contributed by atoms with E-state index in [1.165, 1.54) is 37.7 Å². The monoisotopic (exact) mass is 362 g/mol. The van der Waals surface area contributed by atoms with E-state index in [-0.39, 0.29) is 5.91 Å². The van der Waals surface area contributed by atoms with E-state index < -0.39 is 0 Å². The molecule has 3 aromatic rings. The van der Waals surface area contributed by atoms with Gasteiger partial charge in [-0.15, -0.1) is 0 Å². The SMILES string of the molecule is CCCCCCCC(CNC(=O)c1cccc2n[c]cn12)c1ccccc1. The van der Waals surface area contributed by atoms with Crippen molar-refractivity contribution in [1.82, 2.24) is 14.7 Å². The Morgan fingerprint density at radius 1 is 1.07 bits per heavy atom. The summed E-state index contributed by atoms with van der Waals surface area (Å²) in [4.78, 5) is 16.9. The van der Waals surface area contributed by atoms with E-state index in [0.29, 0.717) is 18.2 Å². The molecule has 4 heteroatoms. The number of rotatable bonds is 10. The van der Waals surface area contributed by atoms with Crippen molar-refractivity contribution in [2.45, 2.75) is 51.4 Å². The van der Waals surface area contributed by atoms with Crippen molar-refractivity contribution in [3.8, 4) is 0 Å². The van der Waals surface area contributed by atoms with E-state index in [4.69, 9.17) is 0 Å². The Morgan fingerprint density at radius 2 is 1.89 bits per heavy atom. The quantitative estimate of drug-likeness (QED) is 0.515. The third kappa shape index (κ3) is 5.19. The Kier molecular flexibility index (Phi) is 7.03. The lowest BCUT2D eigenvalue weighted by Gasteiger charge is -2.18. The van der Waals surface area contributed by atoms with Gasteiger partial charge in [0.1, 0.15) is 17.5 Å². The van der Waals surface area contributed by atoms with Crippen LogP contribution in [0.3, 0.4) is 0 Å². The first kappa shape index (κ1) is 19.2. The second kappa shape index (κ2) is 9.91. The fraction of sp³-hybridized carbons (Fsp3) is 0.391. The second-order valence-corrected chi connectivity index (χ2v) is 7.03. The molecule has 0 aliphatic heterocycles. The van der Waals surface area contributed by atoms with Gasteiger partial charge in [0, 0.05) is 18.7 Å². The van der Waals surface area contributed by atoms with Crippen LogP contribution in [0, 0.1) is 6.20 Å². The van der Waals surface area contributed by atoms with Crippen molar-refractivity contribution in [2.24, 2.45) is 0 Å². The van der Waals surface area contributed by atoms with Crippen LogP contribution in [0.25, 0.3) is 5.65 Å². The van der Waals surface area contributed by atoms with Crippen LogP contribution in [0.4, 0.5) is 0 Å². The van der Waals surface area contributed by atoms with Gasteiger partial charge in [-0.25, -0.2) is 4.98 Å². The number of nitrogens with zero attached hydrogens (tertiary/aromatic N) is 2. The number of nitrogens with one attached hydrogen (secondary N) is 1. The Bertz CT molecular complexity index is 841. The molecule has 0 fully saturated rings. The lowest BCUT2D eigenvalue weighted by atomic mass is 9.92. The van der Waals surface area contributed by atoms with Gasteiger partial charge in [0.25, 0.3) is 5.91 Å². The topological polar surface area (TPSA) is 46.4 Å². The lowest BCUT2D eigenvalue weighted by molar-refractivity contribution is 0.0944. The summed E-state index contributed by atoms with van der Waals surface area (Å²) in [5.41, 5.74) is 2.62. The van der Waals surface area contributed by atoms with Crippen molar-refractivity contribution < 1.29 is 4.79 Å². The number of carbonyl (C=O) groups excluding carboxylic acids is 1. The molecule has 0 bridgehead atoms. The second-order valence-electron chi connectivity index (χ2n) is 7.03. The molecule has 27 heavy (non-hydrogen) atoms. The predicted molar refractivity (Wildman–Crippen MR) is 109 cm³/mol. The summed E-state index contributed by atoms with van der Waals surface area (Å²) in [5.74, 6) is 0.268. The molecule has 141 valence electrons. The van der Waals surface area contributed by atoms with Gasteiger partial charge in [-0.2, -0.15) is 0 Å². The summed E-state index contributed by atoms with van der Waals surface area (Å²) in [5, 5.41) is 3.13. The van der Waals surface area contributed by atoms with Crippen molar-refractivity contribution in [2.75, 3.05) is 6.54 Å². The van der Waals surface area contributed by atoms with Crippen LogP contribution in [0.5, 0.6) is 0 Å². The van der Waals surface area contributed by atoms with Crippen LogP contribution in [0.15, 0.2) is 54.7 Å². The zero-order valence-electron chi connectivity index (χ0n) is 16.0. The van der Waals surface area contributed by atoms with Crippen LogP contribution in [-0.2, 0) is 0 Å². The maximum atomic E-state index is 12.7. The van der Waals surface area contributed by atoms with Gasteiger partial charge < -0.3 is 5.32 Å². The average molecular weight is 362 g/mol. The van der Waals surface area contributed by atoms with E-state index in [0.717, 1.165) is 12.1 Å². The van der Waals surface area contributed by atoms with Crippen LogP contribution in [0.1, 0.15) is 67.4 Å². The molecular formula is C23H28N3O. The number of unbranched alkanes of at least 4 members (excludes halogenated alkanes) is 4. The van der Waals surface area contributed by atoms with Gasteiger partial charge in [0.05, 0.1) is 0 Å². The number of pyridine rings is 1. The highest BCUT2D eigenvalue weighted by atomic mass is 16.1. The minimum Gasteiger partial charge on any atom is -0.350 e. The first-order chi connectivity index (χ1) is 13.3. The molecule has 0 saturated carbocycles. The van der Waals surface area contributed by atoms with Crippen LogP contribution < -0.4 is 5.32 Å². The van der Waals surface area contributed by atoms with E-state index in [9.17, 15) is 4.79 Å². The van der Waals surface area contributed by atoms with Crippen molar-refractivity contribution >= 4 is 11.6 Å². The number of hydrogen-bond acceptors (Lipinski definition) is 2. The number of benzene rings is 1. The zero-order valence-corrected chi connectivity index (χ0v) is 16.0. The van der Waals surface area contributed by atoms with E-state index in [2.05, 4.69) is 47.7 Å². The molecule has 1 atom stereocenters. The molecule has 0 aliphatic rings. The van der Waals surface area contributed by atoms with Gasteiger partial charge in [0.15, 0.2) is 0 Å². The summed E-state index contributed by atoms with van der Waals surface area (Å²) in [7, 11) is 0. The fourth-order valence-corrected chi connectivity index (χ4v) is 3.49. The summed E-state index contributed by atoms with van der Waals surface area (Å²) >= 11 is 0. The third-order valence-electron chi connectivity index (χ3n) is 5.04. The number of amides is 1. The highest BCUT2D eigenvalue weighted by molar-refractivity contribution is 5.93. The van der Waals surface area contributed by atoms with E-state index >= 15 is 0 Å². The molecule has 1 N–H and O–H groups in total. The minimum atomic E-state index is -0.0704. The first-order valence-electron chi connectivity index (χ1n) is 9.97. The van der Waals surface area contributed by atoms with E-state index in [1.807, 2.05) is 24.3 Å². The van der Waals surface area contributed by atoms with Gasteiger partial charge >= 0.3 is 0 Å². The summed E-state index contributed by atoms with van der Waals surface area (Å²) < 4.78 is 1.78. The number of fused-ring (bicyclic) bond motifs is 1. The zero-order chi connectivity index (χ0) is 18.9. The molecule has 0 spiro atoms. The maximum absolute atomic E-state index is 12.7. The molecule has 4 nitrogen and oxygen atoms in total. The largest absolute Gasteiger partial charge is 0.350 e. The Labute approximate surface area is 161 Å². The van der Waals surface area contributed by atoms with Crippen LogP contribution in [-0.4, -0.2) is 21.8 Å². The number of imidazole rings is 1. The van der Waals surface area contributed by atoms with E-state index in [1.54, 1.807) is 10.6 Å². The molecule has 1 radical (unpaired) electrons. The van der Waals surface area contributed by atoms with Gasteiger partial charge in [0.2, 0.25) is 0 Å². The predicted octanol–water partition coefficient (Wildman–Crippen LogP) is 5.01. The van der Waals surface area contributed by atoms with Crippen LogP contribution in [0.2, 0.25) is 0 Å². The molecule has 2 aromatic heterocycles. The molecule has 0 aliphatic carbocycles. The van der Waals surface area contributed by atoms with Crippen molar-refractivity contribution in [3.63, 3.8) is 0 Å². The van der Waals surface area contributed by atoms with Gasteiger partial charge in [-0.05, 0) is 24.1 Å². The summed E-state index contributed by atoms with van der Waals surface area (Å²) in [6.07, 6.45) is 11.9. The van der Waals surface area contributed by atoms with Crippen molar-refractivity contribution in [3.05, 3.63) is 72.2 Å². The van der Waals surface area contributed by atoms with Crippen LogP contribution >= 0.6 is 0 Å². The Hall–Kier alpha value is -2.62. The highest BCUT2D eigenvalue weighted by Gasteiger charge is 2.15. The highest BCUT2D eigenvalue weighted by Crippen LogP contribution is 2.22. The molecule has 1 unspecified atom stereocenters. The van der Waals surface area contributed by atoms with Crippen molar-refractivity contribution in [1.29, 1.82) is 0 Å². The molecule has 1 amide bonds. The first-order valence-corrected chi connectivity index (χ1v) is 9.97. The molecule has 2 heterocycles. The van der Waals surface area contributed by atoms with Gasteiger partial charge in [-0.1, -0.05) is 75.4 Å². The molecule has 0 saturated heterocycles. The Balaban J connectivity index is 1.63. The summed E-state index contributed by atoms with van der Waals surface area (Å²) in [6.45, 7) is 2.88. The third-order valence-corrected chi connectivity index (χ3v) is 5.04. The number of aromatic nitrogens is 2. The normalized spacial score (nSPS) is 12.2. The Morgan fingerprint density at radius 3 is 2.70 bits per heavy atom. The van der Waals surface area contributed by atoms with Gasteiger partial charge in [-0.3, -0.25) is 9.20 Å². The smallest absolute Gasteiger partial charge is 0.268 e. The molecule has 1 aromatic carbocycles. The minimum absolute atomic E-state index is 0.0704. The lowest BCUT2D eigenvalue weighted by Crippen LogP contribution is -2.29. The maximum Gasteiger partial charge on any atom is 0.268 e. The number of hydrogen-bond donors (Lipinski definition) is 1. The fourth-order valence-electron chi connectivity index (χ4n) is 3.49.